The van der Waals surface area contributed by atoms with Crippen LogP contribution in [0.2, 0.25) is 0 Å². The molecule has 1 aromatic heterocycles. The largest absolute Gasteiger partial charge is 0.368 e. The lowest BCUT2D eigenvalue weighted by Crippen LogP contribution is -2.30. The standard InChI is InChI=1S/C12H20N4O2/c13-9(8-16-5-1-2-6-16)11-14-12(18-15-11)10-4-3-7-17-10/h9-10H,1-8,13H2. The van der Waals surface area contributed by atoms with Gasteiger partial charge in [-0.1, -0.05) is 5.16 Å². The fourth-order valence-corrected chi connectivity index (χ4v) is 2.63. The molecule has 0 spiro atoms. The Morgan fingerprint density at radius 2 is 2.17 bits per heavy atom. The lowest BCUT2D eigenvalue weighted by Gasteiger charge is -2.17. The minimum atomic E-state index is -0.165. The number of ether oxygens (including phenoxy) is 1. The lowest BCUT2D eigenvalue weighted by molar-refractivity contribution is 0.0835. The molecule has 0 aromatic carbocycles. The normalized spacial score (nSPS) is 26.8. The molecule has 0 amide bonds. The summed E-state index contributed by atoms with van der Waals surface area (Å²) in [5.74, 6) is 1.19. The van der Waals surface area contributed by atoms with Gasteiger partial charge in [-0.2, -0.15) is 4.98 Å². The first-order valence-electron chi connectivity index (χ1n) is 6.76. The molecular formula is C12H20N4O2. The molecule has 0 bridgehead atoms. The highest BCUT2D eigenvalue weighted by Crippen LogP contribution is 2.27. The second-order valence-electron chi connectivity index (χ2n) is 5.11. The minimum Gasteiger partial charge on any atom is -0.368 e. The summed E-state index contributed by atoms with van der Waals surface area (Å²) in [7, 11) is 0. The van der Waals surface area contributed by atoms with Crippen LogP contribution in [0.1, 0.15) is 49.5 Å². The van der Waals surface area contributed by atoms with Crippen molar-refractivity contribution in [3.8, 4) is 0 Å². The SMILES string of the molecule is NC(CN1CCCC1)c1noc(C2CCCO2)n1. The van der Waals surface area contributed by atoms with Gasteiger partial charge in [0.15, 0.2) is 5.82 Å². The van der Waals surface area contributed by atoms with Crippen LogP contribution in [0.5, 0.6) is 0 Å². The summed E-state index contributed by atoms with van der Waals surface area (Å²) in [6.07, 6.45) is 4.52. The van der Waals surface area contributed by atoms with Gasteiger partial charge in [0, 0.05) is 13.2 Å². The Labute approximate surface area is 106 Å². The van der Waals surface area contributed by atoms with Crippen LogP contribution in [0.15, 0.2) is 4.52 Å². The fourth-order valence-electron chi connectivity index (χ4n) is 2.63. The molecule has 2 aliphatic rings. The summed E-state index contributed by atoms with van der Waals surface area (Å²) < 4.78 is 10.8. The molecule has 2 saturated heterocycles. The van der Waals surface area contributed by atoms with Crippen molar-refractivity contribution in [3.05, 3.63) is 11.7 Å². The van der Waals surface area contributed by atoms with Crippen molar-refractivity contribution < 1.29 is 9.26 Å². The number of nitrogens with two attached hydrogens (primary N) is 1. The van der Waals surface area contributed by atoms with Crippen molar-refractivity contribution in [2.75, 3.05) is 26.2 Å². The number of hydrogen-bond acceptors (Lipinski definition) is 6. The van der Waals surface area contributed by atoms with E-state index in [-0.39, 0.29) is 12.1 Å². The van der Waals surface area contributed by atoms with E-state index in [2.05, 4.69) is 15.0 Å². The predicted molar refractivity (Wildman–Crippen MR) is 64.8 cm³/mol. The van der Waals surface area contributed by atoms with Crippen molar-refractivity contribution in [1.82, 2.24) is 15.0 Å². The van der Waals surface area contributed by atoms with Crippen molar-refractivity contribution in [2.24, 2.45) is 5.73 Å². The van der Waals surface area contributed by atoms with E-state index in [4.69, 9.17) is 15.0 Å². The molecule has 2 fully saturated rings. The molecule has 0 saturated carbocycles. The summed E-state index contributed by atoms with van der Waals surface area (Å²) in [4.78, 5) is 6.73. The van der Waals surface area contributed by atoms with Crippen LogP contribution in [-0.4, -0.2) is 41.3 Å². The Bertz CT molecular complexity index is 383. The van der Waals surface area contributed by atoms with Crippen LogP contribution in [-0.2, 0) is 4.74 Å². The van der Waals surface area contributed by atoms with Crippen LogP contribution in [0, 0.1) is 0 Å². The van der Waals surface area contributed by atoms with E-state index in [1.807, 2.05) is 0 Å². The monoisotopic (exact) mass is 252 g/mol. The van der Waals surface area contributed by atoms with E-state index in [1.54, 1.807) is 0 Å². The van der Waals surface area contributed by atoms with Crippen LogP contribution >= 0.6 is 0 Å². The van der Waals surface area contributed by atoms with Gasteiger partial charge in [0.05, 0.1) is 6.04 Å². The Balaban J connectivity index is 1.60. The maximum atomic E-state index is 6.12. The smallest absolute Gasteiger partial charge is 0.255 e. The second-order valence-corrected chi connectivity index (χ2v) is 5.11. The van der Waals surface area contributed by atoms with Crippen molar-refractivity contribution in [3.63, 3.8) is 0 Å². The number of rotatable bonds is 4. The zero-order valence-corrected chi connectivity index (χ0v) is 10.5. The Morgan fingerprint density at radius 1 is 1.33 bits per heavy atom. The van der Waals surface area contributed by atoms with Crippen LogP contribution in [0.25, 0.3) is 0 Å². The average molecular weight is 252 g/mol. The molecule has 0 radical (unpaired) electrons. The van der Waals surface area contributed by atoms with E-state index in [0.29, 0.717) is 11.7 Å². The van der Waals surface area contributed by atoms with Gasteiger partial charge in [0.1, 0.15) is 6.10 Å². The van der Waals surface area contributed by atoms with Gasteiger partial charge in [-0.25, -0.2) is 0 Å². The van der Waals surface area contributed by atoms with E-state index >= 15 is 0 Å². The molecule has 2 N–H and O–H groups in total. The molecule has 0 aliphatic carbocycles. The first kappa shape index (κ1) is 12.1. The number of hydrogen-bond donors (Lipinski definition) is 1. The molecule has 3 rings (SSSR count). The summed E-state index contributed by atoms with van der Waals surface area (Å²) in [6.45, 7) is 3.85. The van der Waals surface area contributed by atoms with Gasteiger partial charge in [-0.05, 0) is 38.8 Å². The first-order chi connectivity index (χ1) is 8.83. The highest BCUT2D eigenvalue weighted by Gasteiger charge is 2.26. The van der Waals surface area contributed by atoms with Gasteiger partial charge in [0.2, 0.25) is 0 Å². The summed E-state index contributed by atoms with van der Waals surface area (Å²) in [5, 5.41) is 3.98. The highest BCUT2D eigenvalue weighted by molar-refractivity contribution is 4.97. The molecule has 6 nitrogen and oxygen atoms in total. The fraction of sp³-hybridized carbons (Fsp3) is 0.833. The molecule has 1 aromatic rings. The molecule has 100 valence electrons. The number of likely N-dealkylation sites (tertiary alicyclic amines) is 1. The molecule has 18 heavy (non-hydrogen) atoms. The zero-order chi connectivity index (χ0) is 12.4. The molecular weight excluding hydrogens is 232 g/mol. The molecule has 2 unspecified atom stereocenters. The Kier molecular flexibility index (Phi) is 3.58. The molecule has 2 aliphatic heterocycles. The first-order valence-corrected chi connectivity index (χ1v) is 6.76. The molecule has 3 heterocycles. The van der Waals surface area contributed by atoms with Crippen LogP contribution < -0.4 is 5.73 Å². The second kappa shape index (κ2) is 5.34. The van der Waals surface area contributed by atoms with Gasteiger partial charge in [0.25, 0.3) is 5.89 Å². The Morgan fingerprint density at radius 3 is 2.89 bits per heavy atom. The zero-order valence-electron chi connectivity index (χ0n) is 10.5. The molecule has 6 heteroatoms. The summed E-state index contributed by atoms with van der Waals surface area (Å²) in [5.41, 5.74) is 6.12. The van der Waals surface area contributed by atoms with E-state index < -0.39 is 0 Å². The predicted octanol–water partition coefficient (Wildman–Crippen LogP) is 1.02. The highest BCUT2D eigenvalue weighted by atomic mass is 16.5. The maximum Gasteiger partial charge on any atom is 0.255 e. The van der Waals surface area contributed by atoms with E-state index in [0.717, 1.165) is 39.1 Å². The number of aromatic nitrogens is 2. The summed E-state index contributed by atoms with van der Waals surface area (Å²) in [6, 6.07) is -0.165. The van der Waals surface area contributed by atoms with Crippen molar-refractivity contribution in [1.29, 1.82) is 0 Å². The van der Waals surface area contributed by atoms with Gasteiger partial charge < -0.3 is 19.9 Å². The van der Waals surface area contributed by atoms with Crippen LogP contribution in [0.3, 0.4) is 0 Å². The number of nitrogens with zero attached hydrogens (tertiary/aromatic N) is 3. The van der Waals surface area contributed by atoms with Gasteiger partial charge in [-0.15, -0.1) is 0 Å². The van der Waals surface area contributed by atoms with Gasteiger partial charge >= 0.3 is 0 Å². The Hall–Kier alpha value is -0.980. The third-order valence-electron chi connectivity index (χ3n) is 3.65. The van der Waals surface area contributed by atoms with Gasteiger partial charge in [-0.3, -0.25) is 0 Å². The third-order valence-corrected chi connectivity index (χ3v) is 3.65. The van der Waals surface area contributed by atoms with E-state index in [1.165, 1.54) is 12.8 Å². The maximum absolute atomic E-state index is 6.12. The van der Waals surface area contributed by atoms with Crippen molar-refractivity contribution >= 4 is 0 Å². The van der Waals surface area contributed by atoms with Crippen LogP contribution in [0.4, 0.5) is 0 Å². The van der Waals surface area contributed by atoms with Crippen molar-refractivity contribution in [2.45, 2.75) is 37.8 Å². The molecule has 2 atom stereocenters. The minimum absolute atomic E-state index is 0.0229. The van der Waals surface area contributed by atoms with E-state index in [9.17, 15) is 0 Å². The topological polar surface area (TPSA) is 77.4 Å². The average Bonchev–Trinajstić information content (AvgIpc) is 3.11. The third kappa shape index (κ3) is 2.55. The lowest BCUT2D eigenvalue weighted by atomic mass is 10.2. The summed E-state index contributed by atoms with van der Waals surface area (Å²) >= 11 is 0. The quantitative estimate of drug-likeness (QED) is 0.862.